The first kappa shape index (κ1) is 60.0. The van der Waals surface area contributed by atoms with Crippen LogP contribution in [-0.4, -0.2) is 110 Å². The van der Waals surface area contributed by atoms with Gasteiger partial charge >= 0.3 is 11.9 Å². The average Bonchev–Trinajstić information content (AvgIpc) is 0.829. The van der Waals surface area contributed by atoms with E-state index in [0.29, 0.717) is 65.1 Å². The Morgan fingerprint density at radius 3 is 2.32 bits per heavy atom. The Bertz CT molecular complexity index is 3360. The van der Waals surface area contributed by atoms with Gasteiger partial charge in [-0.3, -0.25) is 9.59 Å². The van der Waals surface area contributed by atoms with Crippen LogP contribution in [0.15, 0.2) is 60.2 Å². The molecule has 3 aromatic rings. The van der Waals surface area contributed by atoms with E-state index >= 15 is 4.79 Å². The van der Waals surface area contributed by atoms with Gasteiger partial charge in [0.25, 0.3) is 0 Å². The van der Waals surface area contributed by atoms with Gasteiger partial charge in [-0.15, -0.1) is 0 Å². The second-order valence-electron chi connectivity index (χ2n) is 29.2. The van der Waals surface area contributed by atoms with Gasteiger partial charge < -0.3 is 55.5 Å². The number of phenolic OH excluding ortho intramolecular Hbond substituents is 1. The van der Waals surface area contributed by atoms with Gasteiger partial charge in [-0.1, -0.05) is 86.1 Å². The first-order valence-electron chi connectivity index (χ1n) is 33.8. The van der Waals surface area contributed by atoms with E-state index in [1.165, 1.54) is 0 Å². The Hall–Kier alpha value is -5.55. The number of benzene rings is 3. The van der Waals surface area contributed by atoms with Gasteiger partial charge in [-0.2, -0.15) is 0 Å². The third-order valence-electron chi connectivity index (χ3n) is 23.8. The number of hydrogen-bond donors (Lipinski definition) is 8. The predicted molar refractivity (Wildman–Crippen MR) is 331 cm³/mol. The minimum absolute atomic E-state index is 0.0186. The second-order valence-corrected chi connectivity index (χ2v) is 29.2. The highest BCUT2D eigenvalue weighted by Crippen LogP contribution is 2.66. The summed E-state index contributed by atoms with van der Waals surface area (Å²) in [5.41, 5.74) is 1.96. The molecule has 20 unspecified atom stereocenters. The van der Waals surface area contributed by atoms with Gasteiger partial charge in [0.1, 0.15) is 40.7 Å². The quantitative estimate of drug-likeness (QED) is 0.0693. The lowest BCUT2D eigenvalue weighted by Gasteiger charge is -2.66. The number of phenols is 1. The fourth-order valence-electron chi connectivity index (χ4n) is 19.6. The summed E-state index contributed by atoms with van der Waals surface area (Å²) < 4.78 is 20.1. The van der Waals surface area contributed by atoms with Crippen LogP contribution in [0, 0.1) is 82.9 Å². The molecule has 468 valence electrons. The lowest BCUT2D eigenvalue weighted by molar-refractivity contribution is -0.265. The molecule has 0 radical (unpaired) electrons. The Labute approximate surface area is 518 Å². The van der Waals surface area contributed by atoms with E-state index in [2.05, 4.69) is 46.4 Å². The molecule has 20 atom stereocenters. The van der Waals surface area contributed by atoms with E-state index in [0.717, 1.165) is 107 Å². The van der Waals surface area contributed by atoms with Crippen LogP contribution in [0.25, 0.3) is 0 Å². The molecule has 7 heterocycles. The monoisotopic (exact) mass is 1200 g/mol. The Kier molecular flexibility index (Phi) is 16.5. The number of fused-ring (bicyclic) bond motifs is 12. The fraction of sp³-hybridized carbons (Fsp3) is 0.635. The summed E-state index contributed by atoms with van der Waals surface area (Å²) in [5.74, 6) is 10.6. The van der Waals surface area contributed by atoms with Crippen molar-refractivity contribution in [2.24, 2.45) is 59.2 Å². The summed E-state index contributed by atoms with van der Waals surface area (Å²) in [7, 11) is 1.84. The fourth-order valence-corrected chi connectivity index (χ4v) is 19.6. The molecular formula is C74H90N2O12. The molecule has 18 bridgehead atoms. The maximum atomic E-state index is 16.2. The van der Waals surface area contributed by atoms with Crippen molar-refractivity contribution >= 4 is 23.4 Å². The average molecular weight is 1200 g/mol. The zero-order chi connectivity index (χ0) is 60.8. The molecular weight excluding hydrogens is 1110 g/mol. The van der Waals surface area contributed by atoms with Crippen LogP contribution in [0.5, 0.6) is 11.5 Å². The Morgan fingerprint density at radius 2 is 1.49 bits per heavy atom. The van der Waals surface area contributed by atoms with Gasteiger partial charge in [0.15, 0.2) is 0 Å². The van der Waals surface area contributed by atoms with Crippen molar-refractivity contribution < 1.29 is 59.2 Å². The normalized spacial score (nSPS) is 39.7. The van der Waals surface area contributed by atoms with Gasteiger partial charge in [0, 0.05) is 72.5 Å². The number of nitrogens with one attached hydrogen (secondary N) is 2. The standard InChI is InChI=1S/C74H90N2O12/c1-73(84)39-76-53-31-49(30-50(32-53)68(80)48(38-75-2)17-15-40-16-23-61-46(26-40)21-24-62(86-61)71(73)82)44-18-19-45-37-64(79)88-70-57(45)34-51(69(81)65(70)43-11-4-3-5-12-43)36-63-74(85)59-14-7-6-13-55(59)56-22-20-47-35-60(78)58(66(56)67(47)74)28-42-10-8-9-41(25-42)27-54(77)33-52(29-44)72(83)87-63/h8-10,25,30-34,40,43-48,54-56,58-59,61-63,66-68,71,75-77,80-82,84-85H,3-7,11-14,16,20-24,26-29,35-39H2,1-2H3. The third kappa shape index (κ3) is 11.1. The number of Topliss-reactive ketones (excluding diaryl/α,β-unsaturated/α-hetero) is 1. The maximum absolute atomic E-state index is 16.2. The number of ether oxygens (including phenoxy) is 3. The molecule has 0 spiro atoms. The Balaban J connectivity index is 0.964. The lowest BCUT2D eigenvalue weighted by Crippen LogP contribution is -2.71. The summed E-state index contributed by atoms with van der Waals surface area (Å²) in [6.07, 6.45) is 10.6. The number of carbonyl (C=O) groups excluding carboxylic acids is 3. The smallest absolute Gasteiger partial charge is 0.334 e. The number of aliphatic hydroxyl groups excluding tert-OH is 3. The minimum atomic E-state index is -1.66. The molecule has 0 amide bonds. The van der Waals surface area contributed by atoms with E-state index in [4.69, 9.17) is 14.2 Å². The van der Waals surface area contributed by atoms with E-state index in [9.17, 15) is 40.2 Å². The number of esters is 2. The Morgan fingerprint density at radius 1 is 0.727 bits per heavy atom. The highest BCUT2D eigenvalue weighted by atomic mass is 16.6. The van der Waals surface area contributed by atoms with Crippen LogP contribution >= 0.6 is 0 Å². The van der Waals surface area contributed by atoms with E-state index < -0.39 is 71.4 Å². The number of aliphatic hydroxyl groups is 5. The van der Waals surface area contributed by atoms with Gasteiger partial charge in [0.2, 0.25) is 0 Å². The van der Waals surface area contributed by atoms with Crippen LogP contribution in [-0.2, 0) is 43.1 Å². The summed E-state index contributed by atoms with van der Waals surface area (Å²) >= 11 is 0. The molecule has 0 aromatic heterocycles. The summed E-state index contributed by atoms with van der Waals surface area (Å²) in [5, 5.41) is 83.9. The predicted octanol–water partition coefficient (Wildman–Crippen LogP) is 9.34. The van der Waals surface area contributed by atoms with Crippen molar-refractivity contribution in [3.05, 3.63) is 99.1 Å². The van der Waals surface area contributed by atoms with Crippen LogP contribution in [0.2, 0.25) is 0 Å². The molecule has 6 aliphatic carbocycles. The number of ketones is 1. The summed E-state index contributed by atoms with van der Waals surface area (Å²) in [6.45, 7) is 1.90. The van der Waals surface area contributed by atoms with Crippen molar-refractivity contribution in [3.8, 4) is 35.2 Å². The SMILES string of the molecule is CNCC1C#CC2CCC3OC(CCC3C2)C(O)C(C)(O)CNc2cc(C3C#CC4CC(=O)Oc5c4cc(c(O)c5C4CCCCC4)CC4OC(=O)C(=CC(O)Cc5cccc(c5)CC5C(=O)CC6CCC7C8CCCCC8C4(O)C6C57)C3)cc(c2)C1O. The van der Waals surface area contributed by atoms with Crippen molar-refractivity contribution in [1.29, 1.82) is 0 Å². The molecule has 8 N–H and O–H groups in total. The summed E-state index contributed by atoms with van der Waals surface area (Å²) in [6, 6.07) is 15.6. The van der Waals surface area contributed by atoms with Crippen LogP contribution in [0.1, 0.15) is 192 Å². The molecule has 14 heteroatoms. The number of anilines is 1. The van der Waals surface area contributed by atoms with Crippen molar-refractivity contribution in [2.75, 3.05) is 25.5 Å². The lowest BCUT2D eigenvalue weighted by atomic mass is 9.40. The van der Waals surface area contributed by atoms with E-state index in [1.54, 1.807) is 13.0 Å². The number of carbonyl (C=O) groups is 3. The molecule has 7 aliphatic heterocycles. The molecule has 88 heavy (non-hydrogen) atoms. The first-order valence-corrected chi connectivity index (χ1v) is 33.8. The van der Waals surface area contributed by atoms with Crippen LogP contribution in [0.3, 0.4) is 0 Å². The summed E-state index contributed by atoms with van der Waals surface area (Å²) in [4.78, 5) is 45.2. The third-order valence-corrected chi connectivity index (χ3v) is 23.8. The molecule has 13 aliphatic rings. The zero-order valence-corrected chi connectivity index (χ0v) is 51.3. The zero-order valence-electron chi connectivity index (χ0n) is 51.3. The molecule has 1 saturated heterocycles. The minimum Gasteiger partial charge on any atom is -0.507 e. The van der Waals surface area contributed by atoms with Crippen LogP contribution in [0.4, 0.5) is 5.69 Å². The molecule has 6 saturated carbocycles. The maximum Gasteiger partial charge on any atom is 0.334 e. The van der Waals surface area contributed by atoms with E-state index in [-0.39, 0.29) is 115 Å². The van der Waals surface area contributed by atoms with Gasteiger partial charge in [-0.25, -0.2) is 4.79 Å². The number of hydrogen-bond acceptors (Lipinski definition) is 14. The highest BCUT2D eigenvalue weighted by Gasteiger charge is 2.69. The van der Waals surface area contributed by atoms with Crippen molar-refractivity contribution in [1.82, 2.24) is 5.32 Å². The molecule has 3 aromatic carbocycles. The topological polar surface area (TPSA) is 224 Å². The number of rotatable bonds is 4. The second kappa shape index (κ2) is 24.2. The molecule has 7 fully saturated rings. The largest absolute Gasteiger partial charge is 0.507 e. The first-order chi connectivity index (χ1) is 42.5. The van der Waals surface area contributed by atoms with Gasteiger partial charge in [0.05, 0.1) is 42.7 Å². The molecule has 16 rings (SSSR count). The van der Waals surface area contributed by atoms with Crippen LogP contribution < -0.4 is 15.4 Å². The van der Waals surface area contributed by atoms with Crippen molar-refractivity contribution in [2.45, 2.75) is 214 Å². The highest BCUT2D eigenvalue weighted by molar-refractivity contribution is 5.89. The van der Waals surface area contributed by atoms with E-state index in [1.807, 2.05) is 43.4 Å². The van der Waals surface area contributed by atoms with Gasteiger partial charge in [-0.05, 0) is 197 Å². The molecule has 14 nitrogen and oxygen atoms in total. The van der Waals surface area contributed by atoms with Crippen molar-refractivity contribution in [3.63, 3.8) is 0 Å². The number of aromatic hydroxyl groups is 1.